The highest BCUT2D eigenvalue weighted by Gasteiger charge is 2.68. The molecule has 0 radical (unpaired) electrons. The van der Waals surface area contributed by atoms with Crippen molar-refractivity contribution in [1.29, 1.82) is 0 Å². The van der Waals surface area contributed by atoms with E-state index < -0.39 is 45.6 Å². The van der Waals surface area contributed by atoms with Gasteiger partial charge in [0.15, 0.2) is 11.9 Å². The lowest BCUT2D eigenvalue weighted by Crippen LogP contribution is -2.75. The van der Waals surface area contributed by atoms with E-state index in [2.05, 4.69) is 4.99 Å². The van der Waals surface area contributed by atoms with Crippen molar-refractivity contribution >= 4 is 47.3 Å². The van der Waals surface area contributed by atoms with Crippen LogP contribution in [0.1, 0.15) is 36.6 Å². The Morgan fingerprint density at radius 3 is 2.14 bits per heavy atom. The predicted molar refractivity (Wildman–Crippen MR) is 162 cm³/mol. The summed E-state index contributed by atoms with van der Waals surface area (Å²) in [5, 5.41) is 10.1. The fourth-order valence-electron chi connectivity index (χ4n) is 5.03. The van der Waals surface area contributed by atoms with Gasteiger partial charge in [-0.15, -0.1) is 11.8 Å². The van der Waals surface area contributed by atoms with E-state index in [9.17, 15) is 29.3 Å². The van der Waals surface area contributed by atoms with Crippen molar-refractivity contribution in [3.63, 3.8) is 0 Å². The number of ketones is 1. The number of nitrogens with zero attached hydrogens (tertiary/aromatic N) is 3. The number of carbonyl (C=O) groups excluding carboxylic acids is 4. The van der Waals surface area contributed by atoms with E-state index in [-0.39, 0.29) is 23.7 Å². The summed E-state index contributed by atoms with van der Waals surface area (Å²) in [6.07, 6.45) is 0.507. The summed E-state index contributed by atoms with van der Waals surface area (Å²) in [6.45, 7) is 2.24. The molecule has 0 spiro atoms. The van der Waals surface area contributed by atoms with Gasteiger partial charge in [-0.25, -0.2) is 4.79 Å². The molecule has 1 unspecified atom stereocenters. The van der Waals surface area contributed by atoms with Gasteiger partial charge in [-0.3, -0.25) is 34.4 Å². The van der Waals surface area contributed by atoms with E-state index in [0.29, 0.717) is 22.3 Å². The number of ether oxygens (including phenoxy) is 2. The van der Waals surface area contributed by atoms with Crippen LogP contribution in [0.15, 0.2) is 101 Å². The molecule has 11 nitrogen and oxygen atoms in total. The third-order valence-corrected chi connectivity index (χ3v) is 8.64. The summed E-state index contributed by atoms with van der Waals surface area (Å²) in [6, 6.07) is 23.7. The Labute approximate surface area is 256 Å². The predicted octanol–water partition coefficient (Wildman–Crippen LogP) is 4.41. The monoisotopic (exact) mass is 613 g/mol. The molecule has 0 N–H and O–H groups in total. The number of carbonyl (C=O) groups is 4. The number of benzene rings is 3. The number of fused-ring (bicyclic) bond motifs is 1. The zero-order chi connectivity index (χ0) is 31.4. The topological polar surface area (TPSA) is 145 Å². The summed E-state index contributed by atoms with van der Waals surface area (Å²) in [5.41, 5.74) is 0.171. The van der Waals surface area contributed by atoms with Crippen LogP contribution in [0.3, 0.4) is 0 Å². The summed E-state index contributed by atoms with van der Waals surface area (Å²) in [4.78, 5) is 68.6. The zero-order valence-corrected chi connectivity index (χ0v) is 24.6. The molecule has 0 aliphatic carbocycles. The summed E-state index contributed by atoms with van der Waals surface area (Å²) < 4.78 is 11.3. The standard InChI is InChI=1S/C32H27N3O8S/c1-20(36)32(33-17-22-13-15-26(16-14-22)35(40)41)30(39)34-27(25(18-42-21(2)37)19-44-31(32)34)29(38)43-28(23-9-5-3-6-10-23)24-11-7-4-8-12-24/h3-17,28,31H,18-19H2,1-2H3/t31-,32?/m1/s1. The molecule has 44 heavy (non-hydrogen) atoms. The van der Waals surface area contributed by atoms with Gasteiger partial charge in [-0.2, -0.15) is 0 Å². The molecular weight excluding hydrogens is 586 g/mol. The zero-order valence-electron chi connectivity index (χ0n) is 23.7. The Balaban J connectivity index is 1.50. The molecule has 2 atom stereocenters. The highest BCUT2D eigenvalue weighted by molar-refractivity contribution is 8.00. The van der Waals surface area contributed by atoms with Gasteiger partial charge in [-0.1, -0.05) is 60.7 Å². The Kier molecular flexibility index (Phi) is 8.72. The molecule has 1 saturated heterocycles. The minimum Gasteiger partial charge on any atom is -0.461 e. The number of aliphatic imine (C=N–C) groups is 1. The second-order valence-corrected chi connectivity index (χ2v) is 11.2. The molecule has 2 heterocycles. The third kappa shape index (κ3) is 5.76. The second-order valence-electron chi connectivity index (χ2n) is 10.1. The molecular formula is C32H27N3O8S. The first kappa shape index (κ1) is 30.4. The van der Waals surface area contributed by atoms with Crippen molar-refractivity contribution in [2.75, 3.05) is 12.4 Å². The number of thioether (sulfide) groups is 1. The molecule has 2 aliphatic heterocycles. The molecule has 0 aromatic heterocycles. The number of hydrogen-bond acceptors (Lipinski definition) is 10. The minimum absolute atomic E-state index is 0.0979. The van der Waals surface area contributed by atoms with E-state index in [1.54, 1.807) is 0 Å². The maximum Gasteiger partial charge on any atom is 0.356 e. The maximum atomic E-state index is 14.0. The number of nitro groups is 1. The molecule has 1 amide bonds. The minimum atomic E-state index is -1.83. The van der Waals surface area contributed by atoms with Crippen LogP contribution in [0, 0.1) is 10.1 Å². The van der Waals surface area contributed by atoms with Gasteiger partial charge < -0.3 is 9.47 Å². The normalized spacial score (nSPS) is 19.4. The lowest BCUT2D eigenvalue weighted by Gasteiger charge is -2.54. The van der Waals surface area contributed by atoms with Crippen LogP contribution < -0.4 is 0 Å². The molecule has 3 aromatic carbocycles. The van der Waals surface area contributed by atoms with E-state index in [1.165, 1.54) is 61.0 Å². The third-order valence-electron chi connectivity index (χ3n) is 7.26. The number of rotatable bonds is 10. The molecule has 224 valence electrons. The number of esters is 2. The number of amides is 1. The van der Waals surface area contributed by atoms with E-state index in [0.717, 1.165) is 0 Å². The highest BCUT2D eigenvalue weighted by Crippen LogP contribution is 2.49. The first-order valence-corrected chi connectivity index (χ1v) is 14.6. The molecule has 2 aliphatic rings. The van der Waals surface area contributed by atoms with E-state index in [1.807, 2.05) is 60.7 Å². The van der Waals surface area contributed by atoms with Gasteiger partial charge in [0.2, 0.25) is 5.54 Å². The van der Waals surface area contributed by atoms with Crippen LogP contribution in [0.2, 0.25) is 0 Å². The van der Waals surface area contributed by atoms with Crippen molar-refractivity contribution in [2.24, 2.45) is 4.99 Å². The van der Waals surface area contributed by atoms with Crippen molar-refractivity contribution in [3.8, 4) is 0 Å². The summed E-state index contributed by atoms with van der Waals surface area (Å²) in [7, 11) is 0. The quantitative estimate of drug-likeness (QED) is 0.0811. The first-order valence-electron chi connectivity index (χ1n) is 13.6. The van der Waals surface area contributed by atoms with Gasteiger partial charge >= 0.3 is 11.9 Å². The fraction of sp³-hybridized carbons (Fsp3) is 0.219. The molecule has 1 fully saturated rings. The smallest absolute Gasteiger partial charge is 0.356 e. The van der Waals surface area contributed by atoms with E-state index >= 15 is 0 Å². The highest BCUT2D eigenvalue weighted by atomic mass is 32.2. The van der Waals surface area contributed by atoms with Crippen molar-refractivity contribution in [1.82, 2.24) is 4.90 Å². The largest absolute Gasteiger partial charge is 0.461 e. The van der Waals surface area contributed by atoms with Gasteiger partial charge in [-0.05, 0) is 35.7 Å². The number of β-lactam (4-membered cyclic amide) rings is 1. The van der Waals surface area contributed by atoms with Gasteiger partial charge in [0.25, 0.3) is 11.6 Å². The molecule has 0 saturated carbocycles. The molecule has 0 bridgehead atoms. The van der Waals surface area contributed by atoms with Crippen LogP contribution in [0.4, 0.5) is 5.69 Å². The van der Waals surface area contributed by atoms with Crippen LogP contribution in [-0.2, 0) is 28.7 Å². The van der Waals surface area contributed by atoms with Crippen LogP contribution in [0.25, 0.3) is 0 Å². The lowest BCUT2D eigenvalue weighted by molar-refractivity contribution is -0.384. The molecule has 12 heteroatoms. The Bertz CT molecular complexity index is 1640. The van der Waals surface area contributed by atoms with E-state index in [4.69, 9.17) is 9.47 Å². The van der Waals surface area contributed by atoms with Crippen LogP contribution in [-0.4, -0.2) is 62.9 Å². The first-order chi connectivity index (χ1) is 21.1. The average molecular weight is 614 g/mol. The lowest BCUT2D eigenvalue weighted by atomic mass is 9.83. The van der Waals surface area contributed by atoms with Crippen molar-refractivity contribution in [3.05, 3.63) is 123 Å². The number of non-ortho nitro benzene ring substituents is 1. The SMILES string of the molecule is CC(=O)OCC1=C(C(=O)OC(c2ccccc2)c2ccccc2)N2C(=O)C(N=Cc3ccc([N+](=O)[O-])cc3)(C(C)=O)[C@H]2SC1. The fourth-order valence-corrected chi connectivity index (χ4v) is 6.53. The van der Waals surface area contributed by atoms with Crippen molar-refractivity contribution < 1.29 is 33.6 Å². The van der Waals surface area contributed by atoms with Gasteiger partial charge in [0, 0.05) is 36.6 Å². The molecule has 5 rings (SSSR count). The number of hydrogen-bond donors (Lipinski definition) is 0. The van der Waals surface area contributed by atoms with Crippen molar-refractivity contribution in [2.45, 2.75) is 30.9 Å². The van der Waals surface area contributed by atoms with Gasteiger partial charge in [0.1, 0.15) is 17.7 Å². The van der Waals surface area contributed by atoms with Gasteiger partial charge in [0.05, 0.1) is 4.92 Å². The Hall–Kier alpha value is -5.10. The summed E-state index contributed by atoms with van der Waals surface area (Å²) >= 11 is 1.21. The Morgan fingerprint density at radius 1 is 1.02 bits per heavy atom. The molecule has 3 aromatic rings. The average Bonchev–Trinajstić information content (AvgIpc) is 3.03. The number of Topliss-reactive ketones (excluding diaryl/α,β-unsaturated/α-hetero) is 1. The van der Waals surface area contributed by atoms with Crippen LogP contribution in [0.5, 0.6) is 0 Å². The second kappa shape index (κ2) is 12.6. The maximum absolute atomic E-state index is 14.0. The summed E-state index contributed by atoms with van der Waals surface area (Å²) in [5.74, 6) is -2.49. The number of nitro benzene ring substituents is 1. The Morgan fingerprint density at radius 2 is 1.61 bits per heavy atom. The van der Waals surface area contributed by atoms with Crippen LogP contribution >= 0.6 is 11.8 Å².